The van der Waals surface area contributed by atoms with Crippen LogP contribution in [0.2, 0.25) is 10.0 Å². The predicted molar refractivity (Wildman–Crippen MR) is 137 cm³/mol. The number of rotatable bonds is 3. The third-order valence-corrected chi connectivity index (χ3v) is 8.08. The second-order valence-corrected chi connectivity index (χ2v) is 10.2. The van der Waals surface area contributed by atoms with Crippen LogP contribution >= 0.6 is 23.2 Å². The van der Waals surface area contributed by atoms with Crippen LogP contribution in [0.3, 0.4) is 0 Å². The van der Waals surface area contributed by atoms with Crippen molar-refractivity contribution in [2.24, 2.45) is 11.8 Å². The van der Waals surface area contributed by atoms with Crippen molar-refractivity contribution in [1.82, 2.24) is 4.90 Å². The van der Waals surface area contributed by atoms with E-state index in [1.54, 1.807) is 30.3 Å². The molecule has 37 heavy (non-hydrogen) atoms. The molecule has 9 heteroatoms. The molecule has 0 bridgehead atoms. The molecular weight excluding hydrogens is 515 g/mol. The summed E-state index contributed by atoms with van der Waals surface area (Å²) in [6.07, 6.45) is 3.73. The number of ketones is 1. The summed E-state index contributed by atoms with van der Waals surface area (Å²) in [6, 6.07) is 15.9. The van der Waals surface area contributed by atoms with E-state index in [1.807, 2.05) is 41.4 Å². The highest BCUT2D eigenvalue weighted by atomic mass is 35.5. The van der Waals surface area contributed by atoms with Crippen molar-refractivity contribution in [3.8, 4) is 11.5 Å². The quantitative estimate of drug-likeness (QED) is 0.344. The Bertz CT molecular complexity index is 1550. The Kier molecular flexibility index (Phi) is 4.90. The minimum absolute atomic E-state index is 0.0820. The first-order chi connectivity index (χ1) is 17.9. The topological polar surface area (TPSA) is 76.1 Å². The van der Waals surface area contributed by atoms with Crippen LogP contribution in [-0.4, -0.2) is 35.3 Å². The minimum atomic E-state index is -0.905. The fourth-order valence-electron chi connectivity index (χ4n) is 5.98. The predicted octanol–water partition coefficient (Wildman–Crippen LogP) is 5.12. The van der Waals surface area contributed by atoms with Gasteiger partial charge < -0.3 is 14.4 Å². The highest BCUT2D eigenvalue weighted by molar-refractivity contribution is 6.38. The van der Waals surface area contributed by atoms with Gasteiger partial charge in [0.25, 0.3) is 0 Å². The highest BCUT2D eigenvalue weighted by Crippen LogP contribution is 2.54. The molecule has 3 aromatic carbocycles. The third kappa shape index (κ3) is 3.17. The summed E-state index contributed by atoms with van der Waals surface area (Å²) < 4.78 is 10.9. The Morgan fingerprint density at radius 2 is 1.68 bits per heavy atom. The maximum atomic E-state index is 14.1. The van der Waals surface area contributed by atoms with Crippen molar-refractivity contribution in [2.45, 2.75) is 12.1 Å². The average Bonchev–Trinajstić information content (AvgIpc) is 3.57. The Hall–Kier alpha value is -3.81. The first-order valence-electron chi connectivity index (χ1n) is 11.8. The van der Waals surface area contributed by atoms with Gasteiger partial charge in [-0.25, -0.2) is 4.90 Å². The van der Waals surface area contributed by atoms with Crippen molar-refractivity contribution in [2.75, 3.05) is 11.7 Å². The molecule has 0 saturated carbocycles. The van der Waals surface area contributed by atoms with Crippen LogP contribution < -0.4 is 14.4 Å². The molecule has 0 spiro atoms. The number of fused-ring (bicyclic) bond motifs is 6. The summed E-state index contributed by atoms with van der Waals surface area (Å²) in [5.41, 5.74) is 2.48. The van der Waals surface area contributed by atoms with Gasteiger partial charge in [0, 0.05) is 16.8 Å². The van der Waals surface area contributed by atoms with Gasteiger partial charge >= 0.3 is 0 Å². The van der Waals surface area contributed by atoms with Crippen LogP contribution in [-0.2, 0) is 9.59 Å². The number of halogens is 2. The third-order valence-electron chi connectivity index (χ3n) is 7.54. The standard InChI is InChI=1S/C28H18Cl2N2O5/c29-16-6-7-19(18(30)12-16)32-27(34)22-23(28(32)35)25(26(33)15-5-8-20-21(11-15)37-13-36-20)31-10-9-14-3-1-2-4-17(14)24(22)31/h1-12,22-25H,13H2/t22-,23+,24?,25-/m1/s1. The Balaban J connectivity index is 1.37. The lowest BCUT2D eigenvalue weighted by Crippen LogP contribution is -2.44. The van der Waals surface area contributed by atoms with Gasteiger partial charge in [0.15, 0.2) is 17.3 Å². The number of ether oxygens (including phenoxy) is 2. The summed E-state index contributed by atoms with van der Waals surface area (Å²) in [5, 5.41) is 0.579. The molecule has 7 nitrogen and oxygen atoms in total. The molecule has 4 aliphatic heterocycles. The fourth-order valence-corrected chi connectivity index (χ4v) is 6.47. The molecule has 2 amide bonds. The molecule has 2 fully saturated rings. The van der Waals surface area contributed by atoms with E-state index in [-0.39, 0.29) is 29.2 Å². The number of anilines is 1. The first-order valence-corrected chi connectivity index (χ1v) is 12.5. The smallest absolute Gasteiger partial charge is 0.240 e. The normalized spacial score (nSPS) is 24.8. The van der Waals surface area contributed by atoms with Crippen molar-refractivity contribution < 1.29 is 23.9 Å². The van der Waals surface area contributed by atoms with E-state index in [4.69, 9.17) is 32.7 Å². The molecule has 0 aromatic heterocycles. The van der Waals surface area contributed by atoms with E-state index in [0.717, 1.165) is 16.0 Å². The van der Waals surface area contributed by atoms with E-state index >= 15 is 0 Å². The zero-order chi connectivity index (χ0) is 25.4. The fraction of sp³-hybridized carbons (Fsp3) is 0.179. The SMILES string of the molecule is O=C(c1ccc2c(c1)OCO2)[C@H]1[C@H]2C(=O)N(c3ccc(Cl)cc3Cl)C(=O)[C@H]2C2c3ccccc3C=CN21. The summed E-state index contributed by atoms with van der Waals surface area (Å²) in [6.45, 7) is 0.0820. The summed E-state index contributed by atoms with van der Waals surface area (Å²) in [7, 11) is 0. The van der Waals surface area contributed by atoms with E-state index < -0.39 is 29.8 Å². The lowest BCUT2D eigenvalue weighted by molar-refractivity contribution is -0.123. The minimum Gasteiger partial charge on any atom is -0.454 e. The Morgan fingerprint density at radius 3 is 2.51 bits per heavy atom. The molecule has 0 aliphatic carbocycles. The largest absolute Gasteiger partial charge is 0.454 e. The molecule has 1 unspecified atom stereocenters. The first kappa shape index (κ1) is 22.4. The van der Waals surface area contributed by atoms with Crippen molar-refractivity contribution >= 4 is 52.6 Å². The van der Waals surface area contributed by atoms with Crippen molar-refractivity contribution in [1.29, 1.82) is 0 Å². The maximum Gasteiger partial charge on any atom is 0.240 e. The molecule has 0 N–H and O–H groups in total. The Morgan fingerprint density at radius 1 is 0.892 bits per heavy atom. The summed E-state index contributed by atoms with van der Waals surface area (Å²) in [4.78, 5) is 45.0. The van der Waals surface area contributed by atoms with Gasteiger partial charge in [-0.1, -0.05) is 47.5 Å². The lowest BCUT2D eigenvalue weighted by Gasteiger charge is -2.35. The van der Waals surface area contributed by atoms with Crippen molar-refractivity contribution in [3.05, 3.63) is 93.6 Å². The van der Waals surface area contributed by atoms with Gasteiger partial charge in [-0.05, 0) is 53.6 Å². The summed E-state index contributed by atoms with van der Waals surface area (Å²) in [5.74, 6) is -1.77. The zero-order valence-corrected chi connectivity index (χ0v) is 20.6. The summed E-state index contributed by atoms with van der Waals surface area (Å²) >= 11 is 12.5. The number of benzene rings is 3. The van der Waals surface area contributed by atoms with Gasteiger partial charge in [0.2, 0.25) is 18.6 Å². The second kappa shape index (κ2) is 8.10. The number of Topliss-reactive ketones (excluding diaryl/α,β-unsaturated/α-hetero) is 1. The van der Waals surface area contributed by atoms with Crippen LogP contribution in [0, 0.1) is 11.8 Å². The number of carbonyl (C=O) groups excluding carboxylic acids is 3. The average molecular weight is 533 g/mol. The van der Waals surface area contributed by atoms with Crippen LogP contribution in [0.15, 0.2) is 66.9 Å². The van der Waals surface area contributed by atoms with Gasteiger partial charge in [-0.2, -0.15) is 0 Å². The van der Waals surface area contributed by atoms with Gasteiger partial charge in [-0.15, -0.1) is 0 Å². The molecule has 4 atom stereocenters. The number of amides is 2. The van der Waals surface area contributed by atoms with Crippen molar-refractivity contribution in [3.63, 3.8) is 0 Å². The van der Waals surface area contributed by atoms with E-state index in [2.05, 4.69) is 0 Å². The number of hydrogen-bond donors (Lipinski definition) is 0. The zero-order valence-electron chi connectivity index (χ0n) is 19.1. The maximum absolute atomic E-state index is 14.1. The molecule has 3 aromatic rings. The van der Waals surface area contributed by atoms with Crippen LogP contribution in [0.25, 0.3) is 6.08 Å². The molecule has 0 radical (unpaired) electrons. The molecule has 184 valence electrons. The number of nitrogens with zero attached hydrogens (tertiary/aromatic N) is 2. The van der Waals surface area contributed by atoms with E-state index in [1.165, 1.54) is 6.07 Å². The lowest BCUT2D eigenvalue weighted by atomic mass is 9.83. The van der Waals surface area contributed by atoms with E-state index in [9.17, 15) is 14.4 Å². The number of imide groups is 1. The molecular formula is C28H18Cl2N2O5. The van der Waals surface area contributed by atoms with Gasteiger partial charge in [0.1, 0.15) is 6.04 Å². The van der Waals surface area contributed by atoms with E-state index in [0.29, 0.717) is 22.1 Å². The van der Waals surface area contributed by atoms with Gasteiger partial charge in [0.05, 0.1) is 28.6 Å². The number of hydrogen-bond acceptors (Lipinski definition) is 6. The second-order valence-electron chi connectivity index (χ2n) is 9.37. The number of carbonyl (C=O) groups is 3. The molecule has 4 aliphatic rings. The highest BCUT2D eigenvalue weighted by Gasteiger charge is 2.64. The van der Waals surface area contributed by atoms with Crippen LogP contribution in [0.5, 0.6) is 11.5 Å². The molecule has 2 saturated heterocycles. The molecule has 4 heterocycles. The Labute approximate surface area is 221 Å². The molecule has 7 rings (SSSR count). The van der Waals surface area contributed by atoms with Gasteiger partial charge in [-0.3, -0.25) is 14.4 Å². The van der Waals surface area contributed by atoms with Crippen LogP contribution in [0.1, 0.15) is 27.5 Å². The monoisotopic (exact) mass is 532 g/mol. The van der Waals surface area contributed by atoms with Crippen LogP contribution in [0.4, 0.5) is 5.69 Å².